The van der Waals surface area contributed by atoms with E-state index in [1.165, 1.54) is 30.5 Å². The largest absolute Gasteiger partial charge is 0.484 e. The summed E-state index contributed by atoms with van der Waals surface area (Å²) in [6.07, 6.45) is 2.15. The van der Waals surface area contributed by atoms with Crippen LogP contribution in [0.5, 0.6) is 11.5 Å². The Morgan fingerprint density at radius 1 is 1.21 bits per heavy atom. The molecule has 1 aromatic heterocycles. The molecule has 3 N–H and O–H groups in total. The monoisotopic (exact) mass is 401 g/mol. The van der Waals surface area contributed by atoms with Crippen molar-refractivity contribution in [2.45, 2.75) is 12.5 Å². The number of nitrogens with one attached hydrogen (secondary N) is 1. The Bertz CT molecular complexity index is 991. The van der Waals surface area contributed by atoms with E-state index < -0.39 is 36.9 Å². The Labute approximate surface area is 163 Å². The zero-order chi connectivity index (χ0) is 21.0. The third-order valence-electron chi connectivity index (χ3n) is 3.84. The summed E-state index contributed by atoms with van der Waals surface area (Å²) in [5, 5.41) is 19.7. The fourth-order valence-corrected chi connectivity index (χ4v) is 2.52. The summed E-state index contributed by atoms with van der Waals surface area (Å²) in [7, 11) is 0. The molecule has 0 spiro atoms. The van der Waals surface area contributed by atoms with Crippen LogP contribution < -0.4 is 14.8 Å². The molecule has 1 aliphatic rings. The summed E-state index contributed by atoms with van der Waals surface area (Å²) in [6.45, 7) is -0.550. The van der Waals surface area contributed by atoms with Gasteiger partial charge in [0.1, 0.15) is 23.3 Å². The van der Waals surface area contributed by atoms with Gasteiger partial charge in [0.05, 0.1) is 18.2 Å². The van der Waals surface area contributed by atoms with E-state index >= 15 is 0 Å². The number of hydrogen-bond donors (Lipinski definition) is 3. The van der Waals surface area contributed by atoms with Crippen LogP contribution in [0.15, 0.2) is 46.8 Å². The van der Waals surface area contributed by atoms with Gasteiger partial charge in [-0.15, -0.1) is 0 Å². The molecular formula is C19H15NO9. The molecule has 10 nitrogen and oxygen atoms in total. The number of amides is 1. The third kappa shape index (κ3) is 4.80. The number of benzene rings is 1. The fourth-order valence-electron chi connectivity index (χ4n) is 2.52. The zero-order valence-corrected chi connectivity index (χ0v) is 14.8. The van der Waals surface area contributed by atoms with Gasteiger partial charge < -0.3 is 29.4 Å². The van der Waals surface area contributed by atoms with E-state index in [-0.39, 0.29) is 23.0 Å². The first-order valence-corrected chi connectivity index (χ1v) is 8.32. The summed E-state index contributed by atoms with van der Waals surface area (Å²) in [5.74, 6) is -3.02. The van der Waals surface area contributed by atoms with Crippen LogP contribution in [0.2, 0.25) is 0 Å². The number of ketones is 1. The second-order valence-corrected chi connectivity index (χ2v) is 5.96. The van der Waals surface area contributed by atoms with Crippen LogP contribution in [-0.2, 0) is 14.4 Å². The van der Waals surface area contributed by atoms with Crippen molar-refractivity contribution in [3.05, 3.63) is 53.7 Å². The highest BCUT2D eigenvalue weighted by Gasteiger charge is 2.28. The predicted molar refractivity (Wildman–Crippen MR) is 95.4 cm³/mol. The van der Waals surface area contributed by atoms with Gasteiger partial charge >= 0.3 is 11.9 Å². The Balaban J connectivity index is 1.62. The quantitative estimate of drug-likeness (QED) is 0.556. The molecule has 1 aliphatic heterocycles. The maximum absolute atomic E-state index is 12.3. The van der Waals surface area contributed by atoms with Crippen LogP contribution in [0.1, 0.15) is 22.5 Å². The van der Waals surface area contributed by atoms with Gasteiger partial charge in [0.15, 0.2) is 12.4 Å². The van der Waals surface area contributed by atoms with Gasteiger partial charge in [0, 0.05) is 12.1 Å². The number of carbonyl (C=O) groups excluding carboxylic acids is 2. The van der Waals surface area contributed by atoms with Gasteiger partial charge in [-0.25, -0.2) is 4.79 Å². The van der Waals surface area contributed by atoms with Gasteiger partial charge in [-0.1, -0.05) is 0 Å². The topological polar surface area (TPSA) is 152 Å². The van der Waals surface area contributed by atoms with Gasteiger partial charge in [-0.3, -0.25) is 14.4 Å². The second-order valence-electron chi connectivity index (χ2n) is 5.96. The molecule has 0 saturated heterocycles. The van der Waals surface area contributed by atoms with Gasteiger partial charge in [0.2, 0.25) is 5.78 Å². The molecular weight excluding hydrogens is 386 g/mol. The standard InChI is InChI=1S/C19H15NO9/c21-16(20-13(19(25)26)8-17(22)23)9-28-11-3-4-12-14(6-11)29-15(18(12)24)7-10-2-1-5-27-10/h1-7,13H,8-9H2,(H,20,21)(H,22,23)(H,25,26). The Kier molecular flexibility index (Phi) is 5.63. The number of aliphatic carboxylic acids is 2. The van der Waals surface area contributed by atoms with E-state index in [4.69, 9.17) is 24.1 Å². The van der Waals surface area contributed by atoms with E-state index in [0.717, 1.165) is 0 Å². The molecule has 0 fully saturated rings. The molecule has 10 heteroatoms. The highest BCUT2D eigenvalue weighted by molar-refractivity contribution is 6.14. The van der Waals surface area contributed by atoms with Crippen LogP contribution in [0.3, 0.4) is 0 Å². The molecule has 2 heterocycles. The van der Waals surface area contributed by atoms with E-state index in [0.29, 0.717) is 11.3 Å². The number of rotatable bonds is 8. The minimum Gasteiger partial charge on any atom is -0.484 e. The van der Waals surface area contributed by atoms with Crippen molar-refractivity contribution >= 4 is 29.7 Å². The van der Waals surface area contributed by atoms with Gasteiger partial charge in [-0.2, -0.15) is 0 Å². The molecule has 2 aromatic rings. The Hall–Kier alpha value is -4.08. The summed E-state index contributed by atoms with van der Waals surface area (Å²) >= 11 is 0. The number of carboxylic acids is 2. The summed E-state index contributed by atoms with van der Waals surface area (Å²) in [6, 6.07) is 6.09. The lowest BCUT2D eigenvalue weighted by Crippen LogP contribution is -2.44. The maximum Gasteiger partial charge on any atom is 0.326 e. The van der Waals surface area contributed by atoms with Crippen molar-refractivity contribution in [1.29, 1.82) is 0 Å². The first-order chi connectivity index (χ1) is 13.8. The molecule has 1 unspecified atom stereocenters. The van der Waals surface area contributed by atoms with Crippen LogP contribution in [0.25, 0.3) is 6.08 Å². The van der Waals surface area contributed by atoms with Crippen molar-refractivity contribution in [1.82, 2.24) is 5.32 Å². The number of allylic oxidation sites excluding steroid dienone is 1. The number of carboxylic acid groups (broad SMARTS) is 2. The van der Waals surface area contributed by atoms with E-state index in [9.17, 15) is 19.2 Å². The normalized spacial score (nSPS) is 14.8. The molecule has 1 amide bonds. The SMILES string of the molecule is O=C(O)CC(NC(=O)COc1ccc2c(c1)OC(=Cc1ccco1)C2=O)C(=O)O. The zero-order valence-electron chi connectivity index (χ0n) is 14.8. The summed E-state index contributed by atoms with van der Waals surface area (Å²) < 4.78 is 15.9. The molecule has 0 aliphatic carbocycles. The Morgan fingerprint density at radius 3 is 2.66 bits per heavy atom. The van der Waals surface area contributed by atoms with E-state index in [1.54, 1.807) is 12.1 Å². The van der Waals surface area contributed by atoms with E-state index in [1.807, 2.05) is 0 Å². The molecule has 150 valence electrons. The summed E-state index contributed by atoms with van der Waals surface area (Å²) in [5.41, 5.74) is 0.312. The lowest BCUT2D eigenvalue weighted by atomic mass is 10.1. The van der Waals surface area contributed by atoms with Crippen LogP contribution in [-0.4, -0.2) is 46.5 Å². The number of hydrogen-bond acceptors (Lipinski definition) is 7. The van der Waals surface area contributed by atoms with Crippen molar-refractivity contribution in [3.63, 3.8) is 0 Å². The minimum atomic E-state index is -1.57. The van der Waals surface area contributed by atoms with Crippen LogP contribution >= 0.6 is 0 Å². The lowest BCUT2D eigenvalue weighted by Gasteiger charge is -2.13. The second kappa shape index (κ2) is 8.30. The third-order valence-corrected chi connectivity index (χ3v) is 3.84. The molecule has 3 rings (SSSR count). The van der Waals surface area contributed by atoms with Crippen molar-refractivity contribution in [2.24, 2.45) is 0 Å². The van der Waals surface area contributed by atoms with Gasteiger partial charge in [-0.05, 0) is 24.3 Å². The first kappa shape index (κ1) is 19.7. The van der Waals surface area contributed by atoms with Crippen molar-refractivity contribution in [3.8, 4) is 11.5 Å². The van der Waals surface area contributed by atoms with Gasteiger partial charge in [0.25, 0.3) is 5.91 Å². The number of carbonyl (C=O) groups is 4. The highest BCUT2D eigenvalue weighted by Crippen LogP contribution is 2.34. The minimum absolute atomic E-state index is 0.0720. The lowest BCUT2D eigenvalue weighted by molar-refractivity contribution is -0.147. The Morgan fingerprint density at radius 2 is 2.00 bits per heavy atom. The summed E-state index contributed by atoms with van der Waals surface area (Å²) in [4.78, 5) is 45.8. The molecule has 1 aromatic carbocycles. The smallest absolute Gasteiger partial charge is 0.326 e. The number of furan rings is 1. The highest BCUT2D eigenvalue weighted by atomic mass is 16.5. The molecule has 1 atom stereocenters. The average Bonchev–Trinajstić information content (AvgIpc) is 3.27. The number of fused-ring (bicyclic) bond motifs is 1. The average molecular weight is 401 g/mol. The molecule has 0 radical (unpaired) electrons. The number of ether oxygens (including phenoxy) is 2. The van der Waals surface area contributed by atoms with Crippen molar-refractivity contribution in [2.75, 3.05) is 6.61 Å². The molecule has 29 heavy (non-hydrogen) atoms. The molecule has 0 saturated carbocycles. The van der Waals surface area contributed by atoms with Crippen LogP contribution in [0.4, 0.5) is 0 Å². The predicted octanol–water partition coefficient (Wildman–Crippen LogP) is 1.32. The van der Waals surface area contributed by atoms with E-state index in [2.05, 4.69) is 5.32 Å². The first-order valence-electron chi connectivity index (χ1n) is 8.32. The van der Waals surface area contributed by atoms with Crippen LogP contribution in [0, 0.1) is 0 Å². The van der Waals surface area contributed by atoms with Crippen molar-refractivity contribution < 1.29 is 43.3 Å². The fraction of sp³-hybridized carbons (Fsp3) is 0.158. The maximum atomic E-state index is 12.3. The number of Topliss-reactive ketones (excluding diaryl/α,β-unsaturated/α-hetero) is 1. The molecule has 0 bridgehead atoms.